The van der Waals surface area contributed by atoms with Crippen molar-refractivity contribution in [3.05, 3.63) is 78.0 Å². The number of fused-ring (bicyclic) bond motifs is 1. The fourth-order valence-electron chi connectivity index (χ4n) is 2.75. The van der Waals surface area contributed by atoms with E-state index in [1.54, 1.807) is 36.8 Å². The van der Waals surface area contributed by atoms with Gasteiger partial charge in [-0.25, -0.2) is 22.7 Å². The van der Waals surface area contributed by atoms with E-state index in [4.69, 9.17) is 0 Å². The Morgan fingerprint density at radius 3 is 2.71 bits per heavy atom. The Balaban J connectivity index is 1.68. The lowest BCUT2D eigenvalue weighted by molar-refractivity contribution is 0.595. The highest BCUT2D eigenvalue weighted by Crippen LogP contribution is 2.33. The first kappa shape index (κ1) is 14.8. The zero-order valence-electron chi connectivity index (χ0n) is 12.7. The molecule has 1 aromatic carbocycles. The van der Waals surface area contributed by atoms with Crippen molar-refractivity contribution < 1.29 is 8.42 Å². The molecule has 0 spiro atoms. The highest BCUT2D eigenvalue weighted by Gasteiger charge is 2.35. The van der Waals surface area contributed by atoms with E-state index in [1.807, 2.05) is 24.3 Å². The molecule has 0 radical (unpaired) electrons. The summed E-state index contributed by atoms with van der Waals surface area (Å²) >= 11 is 0. The van der Waals surface area contributed by atoms with Crippen LogP contribution in [0.15, 0.2) is 66.0 Å². The molecule has 0 saturated heterocycles. The molecule has 0 fully saturated rings. The van der Waals surface area contributed by atoms with Gasteiger partial charge >= 0.3 is 0 Å². The number of nitrogens with zero attached hydrogens (tertiary/aromatic N) is 4. The maximum atomic E-state index is 12.7. The number of rotatable bonds is 3. The molecule has 0 atom stereocenters. The van der Waals surface area contributed by atoms with Gasteiger partial charge in [0.1, 0.15) is 11.6 Å². The molecule has 1 aliphatic rings. The smallest absolute Gasteiger partial charge is 0.264 e. The van der Waals surface area contributed by atoms with Gasteiger partial charge in [-0.15, -0.1) is 0 Å². The van der Waals surface area contributed by atoms with Crippen LogP contribution in [0.25, 0.3) is 0 Å². The summed E-state index contributed by atoms with van der Waals surface area (Å²) in [5.41, 5.74) is 1.76. The number of hydrogen-bond donors (Lipinski definition) is 0. The Labute approximate surface area is 139 Å². The van der Waals surface area contributed by atoms with Crippen molar-refractivity contribution in [2.45, 2.75) is 17.9 Å². The highest BCUT2D eigenvalue weighted by atomic mass is 32.2. The maximum Gasteiger partial charge on any atom is 0.266 e. The molecule has 120 valence electrons. The summed E-state index contributed by atoms with van der Waals surface area (Å²) in [6.45, 7) is 0.294. The Hall–Kier alpha value is -2.80. The van der Waals surface area contributed by atoms with Crippen LogP contribution in [0.4, 0.5) is 5.82 Å². The monoisotopic (exact) mass is 338 g/mol. The molecule has 0 saturated carbocycles. The Morgan fingerprint density at radius 1 is 1.04 bits per heavy atom. The third kappa shape index (κ3) is 2.52. The largest absolute Gasteiger partial charge is 0.266 e. The standard InChI is InChI=1S/C17H14N4O2S/c22-24(23)15-6-2-1-5-14(15)12-21(24)17-7-9-19-16(20-17)10-13-4-3-8-18-11-13/h1-9,11H,10,12H2. The molecular formula is C17H14N4O2S. The van der Waals surface area contributed by atoms with E-state index < -0.39 is 10.0 Å². The fourth-order valence-corrected chi connectivity index (χ4v) is 4.36. The van der Waals surface area contributed by atoms with Gasteiger partial charge in [-0.3, -0.25) is 4.98 Å². The second kappa shape index (κ2) is 5.68. The zero-order valence-corrected chi connectivity index (χ0v) is 13.5. The number of aromatic nitrogens is 3. The van der Waals surface area contributed by atoms with Crippen LogP contribution < -0.4 is 4.31 Å². The van der Waals surface area contributed by atoms with E-state index in [2.05, 4.69) is 15.0 Å². The van der Waals surface area contributed by atoms with E-state index in [-0.39, 0.29) is 0 Å². The van der Waals surface area contributed by atoms with Crippen LogP contribution in [-0.2, 0) is 23.0 Å². The van der Waals surface area contributed by atoms with Crippen LogP contribution in [0.3, 0.4) is 0 Å². The van der Waals surface area contributed by atoms with Gasteiger partial charge in [0.05, 0.1) is 11.4 Å². The van der Waals surface area contributed by atoms with E-state index in [0.29, 0.717) is 29.5 Å². The lowest BCUT2D eigenvalue weighted by atomic mass is 10.2. The molecule has 0 amide bonds. The summed E-state index contributed by atoms with van der Waals surface area (Å²) < 4.78 is 26.7. The molecule has 7 heteroatoms. The van der Waals surface area contributed by atoms with Gasteiger partial charge in [0.15, 0.2) is 0 Å². The third-order valence-electron chi connectivity index (χ3n) is 3.89. The van der Waals surface area contributed by atoms with E-state index in [0.717, 1.165) is 11.1 Å². The van der Waals surface area contributed by atoms with Crippen molar-refractivity contribution >= 4 is 15.8 Å². The molecule has 24 heavy (non-hydrogen) atoms. The minimum Gasteiger partial charge on any atom is -0.264 e. The second-order valence-corrected chi connectivity index (χ2v) is 7.32. The molecule has 0 N–H and O–H groups in total. The molecule has 6 nitrogen and oxygen atoms in total. The minimum absolute atomic E-state index is 0.294. The zero-order chi connectivity index (χ0) is 16.6. The van der Waals surface area contributed by atoms with Crippen molar-refractivity contribution in [2.75, 3.05) is 4.31 Å². The first-order valence-corrected chi connectivity index (χ1v) is 8.90. The number of anilines is 1. The first-order chi connectivity index (χ1) is 11.6. The summed E-state index contributed by atoms with van der Waals surface area (Å²) in [6, 6.07) is 12.4. The van der Waals surface area contributed by atoms with Gasteiger partial charge in [-0.2, -0.15) is 0 Å². The van der Waals surface area contributed by atoms with E-state index in [1.165, 1.54) is 4.31 Å². The molecule has 3 aromatic rings. The second-order valence-electron chi connectivity index (χ2n) is 5.49. The molecule has 4 rings (SSSR count). The SMILES string of the molecule is O=S1(=O)c2ccccc2CN1c1ccnc(Cc2cccnc2)n1. The van der Waals surface area contributed by atoms with E-state index in [9.17, 15) is 8.42 Å². The van der Waals surface area contributed by atoms with Gasteiger partial charge < -0.3 is 0 Å². The predicted molar refractivity (Wildman–Crippen MR) is 88.9 cm³/mol. The quantitative estimate of drug-likeness (QED) is 0.731. The summed E-state index contributed by atoms with van der Waals surface area (Å²) in [7, 11) is -3.56. The van der Waals surface area contributed by atoms with Crippen LogP contribution in [-0.4, -0.2) is 23.4 Å². The van der Waals surface area contributed by atoms with Crippen LogP contribution in [0.5, 0.6) is 0 Å². The molecule has 0 unspecified atom stereocenters. The summed E-state index contributed by atoms with van der Waals surface area (Å²) in [4.78, 5) is 13.1. The lowest BCUT2D eigenvalue weighted by Gasteiger charge is -2.16. The molecule has 3 heterocycles. The number of pyridine rings is 1. The Bertz CT molecular complexity index is 990. The average molecular weight is 338 g/mol. The normalized spacial score (nSPS) is 15.2. The molecule has 1 aliphatic heterocycles. The summed E-state index contributed by atoms with van der Waals surface area (Å²) in [5, 5.41) is 0. The van der Waals surface area contributed by atoms with Crippen molar-refractivity contribution in [1.82, 2.24) is 15.0 Å². The fraction of sp³-hybridized carbons (Fsp3) is 0.118. The number of benzene rings is 1. The highest BCUT2D eigenvalue weighted by molar-refractivity contribution is 7.93. The van der Waals surface area contributed by atoms with Crippen molar-refractivity contribution in [3.63, 3.8) is 0 Å². The van der Waals surface area contributed by atoms with Gasteiger partial charge in [0, 0.05) is 31.1 Å². The van der Waals surface area contributed by atoms with Gasteiger partial charge in [0.25, 0.3) is 10.0 Å². The minimum atomic E-state index is -3.56. The third-order valence-corrected chi connectivity index (χ3v) is 5.74. The first-order valence-electron chi connectivity index (χ1n) is 7.46. The number of sulfonamides is 1. The van der Waals surface area contributed by atoms with Gasteiger partial charge in [-0.1, -0.05) is 24.3 Å². The molecule has 0 bridgehead atoms. The Kier molecular flexibility index (Phi) is 3.50. The molecule has 2 aromatic heterocycles. The molecular weight excluding hydrogens is 324 g/mol. The topological polar surface area (TPSA) is 76.1 Å². The summed E-state index contributed by atoms with van der Waals surface area (Å²) in [6.07, 6.45) is 5.54. The van der Waals surface area contributed by atoms with Crippen LogP contribution in [0.1, 0.15) is 17.0 Å². The van der Waals surface area contributed by atoms with Gasteiger partial charge in [-0.05, 0) is 23.3 Å². The summed E-state index contributed by atoms with van der Waals surface area (Å²) in [5.74, 6) is 0.951. The molecule has 0 aliphatic carbocycles. The Morgan fingerprint density at radius 2 is 1.92 bits per heavy atom. The van der Waals surface area contributed by atoms with E-state index >= 15 is 0 Å². The average Bonchev–Trinajstić information content (AvgIpc) is 2.88. The van der Waals surface area contributed by atoms with Gasteiger partial charge in [0.2, 0.25) is 0 Å². The van der Waals surface area contributed by atoms with Crippen LogP contribution in [0.2, 0.25) is 0 Å². The number of hydrogen-bond acceptors (Lipinski definition) is 5. The van der Waals surface area contributed by atoms with Crippen molar-refractivity contribution in [2.24, 2.45) is 0 Å². The maximum absolute atomic E-state index is 12.7. The lowest BCUT2D eigenvalue weighted by Crippen LogP contribution is -2.25. The van der Waals surface area contributed by atoms with Crippen molar-refractivity contribution in [1.29, 1.82) is 0 Å². The van der Waals surface area contributed by atoms with Crippen molar-refractivity contribution in [3.8, 4) is 0 Å². The van der Waals surface area contributed by atoms with Crippen LogP contribution in [0, 0.1) is 0 Å². The van der Waals surface area contributed by atoms with Crippen LogP contribution >= 0.6 is 0 Å². The predicted octanol–water partition coefficient (Wildman–Crippen LogP) is 2.17.